The van der Waals surface area contributed by atoms with E-state index >= 15 is 0 Å². The fourth-order valence-electron chi connectivity index (χ4n) is 2.97. The van der Waals surface area contributed by atoms with Crippen molar-refractivity contribution in [1.29, 1.82) is 0 Å². The minimum atomic E-state index is 0.152. The van der Waals surface area contributed by atoms with Crippen molar-refractivity contribution in [3.63, 3.8) is 0 Å². The predicted octanol–water partition coefficient (Wildman–Crippen LogP) is 3.64. The number of carbonyl (C=O) groups excluding carboxylic acids is 1. The summed E-state index contributed by atoms with van der Waals surface area (Å²) in [7, 11) is 0. The highest BCUT2D eigenvalue weighted by Gasteiger charge is 2.29. The number of fused-ring (bicyclic) bond motifs is 1. The van der Waals surface area contributed by atoms with E-state index in [1.165, 1.54) is 16.1 Å². The van der Waals surface area contributed by atoms with Crippen molar-refractivity contribution >= 4 is 17.2 Å². The van der Waals surface area contributed by atoms with Crippen molar-refractivity contribution in [3.8, 4) is 0 Å². The summed E-state index contributed by atoms with van der Waals surface area (Å²) in [6, 6.07) is 6.40. The van der Waals surface area contributed by atoms with E-state index < -0.39 is 0 Å². The fourth-order valence-corrected chi connectivity index (χ4v) is 4.04. The molecule has 4 heteroatoms. The lowest BCUT2D eigenvalue weighted by Crippen LogP contribution is -2.40. The summed E-state index contributed by atoms with van der Waals surface area (Å²) in [4.78, 5) is 16.9. The predicted molar refractivity (Wildman–Crippen MR) is 82.3 cm³/mol. The zero-order valence-corrected chi connectivity index (χ0v) is 13.0. The molecule has 2 aromatic rings. The maximum absolute atomic E-state index is 12.8. The summed E-state index contributed by atoms with van der Waals surface area (Å²) in [6.07, 6.45) is 3.09. The average Bonchev–Trinajstić information content (AvgIpc) is 3.05. The van der Waals surface area contributed by atoms with Crippen LogP contribution in [0.4, 0.5) is 0 Å². The van der Waals surface area contributed by atoms with Crippen LogP contribution >= 0.6 is 11.3 Å². The van der Waals surface area contributed by atoms with E-state index in [0.717, 1.165) is 24.4 Å². The number of aryl methyl sites for hydroxylation is 2. The molecule has 3 rings (SSSR count). The maximum atomic E-state index is 12.8. The molecule has 1 aliphatic heterocycles. The molecule has 0 radical (unpaired) electrons. The molecule has 0 saturated heterocycles. The molecular weight excluding hydrogens is 268 g/mol. The molecule has 1 atom stereocenters. The van der Waals surface area contributed by atoms with Crippen LogP contribution in [-0.2, 0) is 13.0 Å². The molecule has 0 unspecified atom stereocenters. The molecule has 0 spiro atoms. The number of amides is 1. The lowest BCUT2D eigenvalue weighted by Gasteiger charge is -2.34. The Kier molecular flexibility index (Phi) is 3.42. The van der Waals surface area contributed by atoms with Crippen LogP contribution in [0, 0.1) is 6.92 Å². The van der Waals surface area contributed by atoms with Crippen molar-refractivity contribution in [2.45, 2.75) is 39.8 Å². The first-order valence-electron chi connectivity index (χ1n) is 7.17. The molecule has 0 N–H and O–H groups in total. The highest BCUT2D eigenvalue weighted by molar-refractivity contribution is 7.14. The van der Waals surface area contributed by atoms with Gasteiger partial charge in [-0.15, -0.1) is 11.3 Å². The van der Waals surface area contributed by atoms with Crippen LogP contribution in [0.25, 0.3) is 0 Å². The number of aromatic nitrogens is 1. The van der Waals surface area contributed by atoms with Gasteiger partial charge in [0.25, 0.3) is 5.91 Å². The molecule has 2 aromatic heterocycles. The summed E-state index contributed by atoms with van der Waals surface area (Å²) in [5, 5.41) is 0. The fraction of sp³-hybridized carbons (Fsp3) is 0.438. The zero-order chi connectivity index (χ0) is 14.3. The van der Waals surface area contributed by atoms with Crippen LogP contribution < -0.4 is 0 Å². The molecule has 0 saturated carbocycles. The van der Waals surface area contributed by atoms with E-state index in [-0.39, 0.29) is 11.9 Å². The Morgan fingerprint density at radius 1 is 1.45 bits per heavy atom. The SMILES string of the molecule is CCc1cc(C(=O)N2CCn3cccc3[C@@H]2C)sc1C. The Morgan fingerprint density at radius 3 is 2.95 bits per heavy atom. The molecule has 0 aromatic carbocycles. The van der Waals surface area contributed by atoms with Gasteiger partial charge < -0.3 is 9.47 Å². The molecule has 3 nitrogen and oxygen atoms in total. The summed E-state index contributed by atoms with van der Waals surface area (Å²) < 4.78 is 2.24. The third-order valence-electron chi connectivity index (χ3n) is 4.22. The van der Waals surface area contributed by atoms with Crippen LogP contribution in [0.15, 0.2) is 24.4 Å². The van der Waals surface area contributed by atoms with Crippen molar-refractivity contribution in [1.82, 2.24) is 9.47 Å². The molecule has 106 valence electrons. The van der Waals surface area contributed by atoms with E-state index in [1.54, 1.807) is 11.3 Å². The van der Waals surface area contributed by atoms with Gasteiger partial charge in [-0.25, -0.2) is 0 Å². The van der Waals surface area contributed by atoms with E-state index in [4.69, 9.17) is 0 Å². The summed E-state index contributed by atoms with van der Waals surface area (Å²) >= 11 is 1.63. The lowest BCUT2D eigenvalue weighted by molar-refractivity contribution is 0.0649. The van der Waals surface area contributed by atoms with Crippen molar-refractivity contribution in [2.24, 2.45) is 0 Å². The van der Waals surface area contributed by atoms with Gasteiger partial charge in [-0.1, -0.05) is 6.92 Å². The largest absolute Gasteiger partial charge is 0.348 e. The quantitative estimate of drug-likeness (QED) is 0.828. The summed E-state index contributed by atoms with van der Waals surface area (Å²) in [6.45, 7) is 8.04. The summed E-state index contributed by atoms with van der Waals surface area (Å²) in [5.74, 6) is 0.178. The Hall–Kier alpha value is -1.55. The first-order chi connectivity index (χ1) is 9.61. The van der Waals surface area contributed by atoms with Gasteiger partial charge in [0.15, 0.2) is 0 Å². The van der Waals surface area contributed by atoms with E-state index in [2.05, 4.69) is 49.7 Å². The standard InChI is InChI=1S/C16H20N2OS/c1-4-13-10-15(20-12(13)3)16(19)18-9-8-17-7-5-6-14(17)11(18)2/h5-7,10-11H,4,8-9H2,1-3H3/t11-/m0/s1. The van der Waals surface area contributed by atoms with Crippen molar-refractivity contribution in [3.05, 3.63) is 45.4 Å². The topological polar surface area (TPSA) is 25.2 Å². The normalized spacial score (nSPS) is 18.1. The number of carbonyl (C=O) groups is 1. The second kappa shape index (κ2) is 5.09. The highest BCUT2D eigenvalue weighted by Crippen LogP contribution is 2.30. The van der Waals surface area contributed by atoms with Gasteiger partial charge in [-0.05, 0) is 44.0 Å². The number of rotatable bonds is 2. The zero-order valence-electron chi connectivity index (χ0n) is 12.2. The molecule has 1 aliphatic rings. The highest BCUT2D eigenvalue weighted by atomic mass is 32.1. The Morgan fingerprint density at radius 2 is 2.25 bits per heavy atom. The van der Waals surface area contributed by atoms with Crippen LogP contribution in [-0.4, -0.2) is 21.9 Å². The third-order valence-corrected chi connectivity index (χ3v) is 5.30. The van der Waals surface area contributed by atoms with E-state index in [0.29, 0.717) is 0 Å². The molecule has 0 fully saturated rings. The maximum Gasteiger partial charge on any atom is 0.264 e. The van der Waals surface area contributed by atoms with Crippen LogP contribution in [0.5, 0.6) is 0 Å². The molecular formula is C16H20N2OS. The van der Waals surface area contributed by atoms with Crippen LogP contribution in [0.2, 0.25) is 0 Å². The minimum absolute atomic E-state index is 0.152. The van der Waals surface area contributed by atoms with Gasteiger partial charge in [0.1, 0.15) is 0 Å². The Labute approximate surface area is 123 Å². The van der Waals surface area contributed by atoms with E-state index in [1.807, 2.05) is 4.90 Å². The Balaban J connectivity index is 1.88. The number of hydrogen-bond acceptors (Lipinski definition) is 2. The van der Waals surface area contributed by atoms with Gasteiger partial charge in [0.2, 0.25) is 0 Å². The smallest absolute Gasteiger partial charge is 0.264 e. The average molecular weight is 288 g/mol. The van der Waals surface area contributed by atoms with Gasteiger partial charge in [-0.2, -0.15) is 0 Å². The van der Waals surface area contributed by atoms with Gasteiger partial charge in [-0.3, -0.25) is 4.79 Å². The first-order valence-corrected chi connectivity index (χ1v) is 7.98. The lowest BCUT2D eigenvalue weighted by atomic mass is 10.1. The van der Waals surface area contributed by atoms with Gasteiger partial charge in [0.05, 0.1) is 10.9 Å². The van der Waals surface area contributed by atoms with Crippen molar-refractivity contribution < 1.29 is 4.79 Å². The number of thiophene rings is 1. The van der Waals surface area contributed by atoms with Gasteiger partial charge >= 0.3 is 0 Å². The Bertz CT molecular complexity index is 641. The van der Waals surface area contributed by atoms with Crippen LogP contribution in [0.3, 0.4) is 0 Å². The third kappa shape index (κ3) is 2.08. The van der Waals surface area contributed by atoms with Gasteiger partial charge in [0, 0.05) is 29.9 Å². The molecule has 1 amide bonds. The molecule has 0 aliphatic carbocycles. The number of hydrogen-bond donors (Lipinski definition) is 0. The molecule has 0 bridgehead atoms. The summed E-state index contributed by atoms with van der Waals surface area (Å²) in [5.41, 5.74) is 2.53. The number of nitrogens with zero attached hydrogens (tertiary/aromatic N) is 2. The monoisotopic (exact) mass is 288 g/mol. The first kappa shape index (κ1) is 13.4. The van der Waals surface area contributed by atoms with E-state index in [9.17, 15) is 4.79 Å². The molecule has 3 heterocycles. The minimum Gasteiger partial charge on any atom is -0.348 e. The van der Waals surface area contributed by atoms with Crippen molar-refractivity contribution in [2.75, 3.05) is 6.54 Å². The van der Waals surface area contributed by atoms with Crippen LogP contribution in [0.1, 0.15) is 45.7 Å². The second-order valence-electron chi connectivity index (χ2n) is 5.35. The second-order valence-corrected chi connectivity index (χ2v) is 6.60. The molecule has 20 heavy (non-hydrogen) atoms.